The highest BCUT2D eigenvalue weighted by molar-refractivity contribution is 5.76. The number of benzene rings is 1. The van der Waals surface area contributed by atoms with Gasteiger partial charge >= 0.3 is 5.97 Å². The molecule has 3 heteroatoms. The van der Waals surface area contributed by atoms with Crippen LogP contribution in [0.15, 0.2) is 24.3 Å². The molecule has 130 valence electrons. The van der Waals surface area contributed by atoms with E-state index in [0.717, 1.165) is 25.7 Å². The van der Waals surface area contributed by atoms with Gasteiger partial charge in [-0.25, -0.2) is 0 Å². The number of phenols is 1. The van der Waals surface area contributed by atoms with Gasteiger partial charge in [0.2, 0.25) is 0 Å². The van der Waals surface area contributed by atoms with E-state index < -0.39 is 11.0 Å². The summed E-state index contributed by atoms with van der Waals surface area (Å²) in [7, 11) is 0. The molecule has 1 aromatic rings. The fourth-order valence-electron chi connectivity index (χ4n) is 2.66. The van der Waals surface area contributed by atoms with Gasteiger partial charge in [-0.3, -0.25) is 4.79 Å². The molecule has 0 aliphatic heterocycles. The molecule has 1 atom stereocenters. The van der Waals surface area contributed by atoms with Gasteiger partial charge in [-0.1, -0.05) is 25.5 Å². The van der Waals surface area contributed by atoms with Crippen molar-refractivity contribution in [3.8, 4) is 5.75 Å². The third kappa shape index (κ3) is 6.64. The first kappa shape index (κ1) is 19.5. The predicted octanol–water partition coefficient (Wildman–Crippen LogP) is 5.42. The van der Waals surface area contributed by atoms with Gasteiger partial charge in [-0.2, -0.15) is 0 Å². The van der Waals surface area contributed by atoms with Crippen LogP contribution in [0.25, 0.3) is 0 Å². The average molecular weight is 320 g/mol. The summed E-state index contributed by atoms with van der Waals surface area (Å²) in [6.45, 7) is 11.8. The van der Waals surface area contributed by atoms with E-state index in [1.807, 2.05) is 46.8 Å². The van der Waals surface area contributed by atoms with Gasteiger partial charge in [0.25, 0.3) is 0 Å². The van der Waals surface area contributed by atoms with Crippen LogP contribution in [0.2, 0.25) is 0 Å². The van der Waals surface area contributed by atoms with Crippen LogP contribution in [-0.4, -0.2) is 16.7 Å². The van der Waals surface area contributed by atoms with E-state index >= 15 is 0 Å². The molecule has 0 radical (unpaired) electrons. The van der Waals surface area contributed by atoms with E-state index in [0.29, 0.717) is 11.7 Å². The summed E-state index contributed by atoms with van der Waals surface area (Å²) in [6, 6.07) is 7.45. The van der Waals surface area contributed by atoms with Crippen LogP contribution < -0.4 is 0 Å². The molecule has 0 aliphatic carbocycles. The lowest BCUT2D eigenvalue weighted by molar-refractivity contribution is -0.166. The number of aromatic hydroxyl groups is 1. The van der Waals surface area contributed by atoms with Crippen molar-refractivity contribution in [3.05, 3.63) is 29.8 Å². The summed E-state index contributed by atoms with van der Waals surface area (Å²) < 4.78 is 5.52. The number of carbonyl (C=O) groups is 1. The second kappa shape index (κ2) is 7.85. The third-order valence-corrected chi connectivity index (χ3v) is 4.16. The number of esters is 1. The van der Waals surface area contributed by atoms with Crippen molar-refractivity contribution in [1.82, 2.24) is 0 Å². The Bertz CT molecular complexity index is 495. The molecule has 1 aromatic carbocycles. The van der Waals surface area contributed by atoms with Gasteiger partial charge < -0.3 is 9.84 Å². The van der Waals surface area contributed by atoms with Gasteiger partial charge in [0, 0.05) is 0 Å². The quantitative estimate of drug-likeness (QED) is 0.682. The van der Waals surface area contributed by atoms with E-state index in [-0.39, 0.29) is 5.97 Å². The molecular formula is C20H32O3. The maximum absolute atomic E-state index is 12.3. The molecule has 0 amide bonds. The summed E-state index contributed by atoms with van der Waals surface area (Å²) in [4.78, 5) is 12.3. The zero-order chi connectivity index (χ0) is 17.7. The molecule has 0 heterocycles. The molecule has 0 spiro atoms. The molecule has 1 rings (SSSR count). The maximum Gasteiger partial charge on any atom is 0.312 e. The van der Waals surface area contributed by atoms with Crippen LogP contribution in [0.4, 0.5) is 0 Å². The maximum atomic E-state index is 12.3. The van der Waals surface area contributed by atoms with E-state index in [4.69, 9.17) is 4.74 Å². The van der Waals surface area contributed by atoms with Crippen LogP contribution in [0.1, 0.15) is 78.7 Å². The van der Waals surface area contributed by atoms with E-state index in [1.165, 1.54) is 5.56 Å². The number of phenolic OH excluding ortho intramolecular Hbond substituents is 1. The third-order valence-electron chi connectivity index (χ3n) is 4.16. The van der Waals surface area contributed by atoms with Crippen molar-refractivity contribution in [2.24, 2.45) is 5.41 Å². The number of carbonyl (C=O) groups excluding carboxylic acids is 1. The first-order valence-electron chi connectivity index (χ1n) is 8.57. The fraction of sp³-hybridized carbons (Fsp3) is 0.650. The summed E-state index contributed by atoms with van der Waals surface area (Å²) in [5.74, 6) is 0.641. The SMILES string of the molecule is CCC(CCCC(C)(C)C(=O)OC(C)(C)C)c1ccc(O)cc1. The highest BCUT2D eigenvalue weighted by Gasteiger charge is 2.32. The van der Waals surface area contributed by atoms with Crippen molar-refractivity contribution < 1.29 is 14.6 Å². The number of rotatable bonds is 7. The van der Waals surface area contributed by atoms with Crippen LogP contribution in [0, 0.1) is 5.41 Å². The van der Waals surface area contributed by atoms with Crippen LogP contribution in [0.3, 0.4) is 0 Å². The van der Waals surface area contributed by atoms with Crippen molar-refractivity contribution in [2.75, 3.05) is 0 Å². The Kier molecular flexibility index (Phi) is 6.67. The summed E-state index contributed by atoms with van der Waals surface area (Å²) in [5.41, 5.74) is 0.354. The lowest BCUT2D eigenvalue weighted by Gasteiger charge is -2.29. The molecule has 0 saturated carbocycles. The number of ether oxygens (including phenoxy) is 1. The van der Waals surface area contributed by atoms with Crippen molar-refractivity contribution in [1.29, 1.82) is 0 Å². The first-order valence-corrected chi connectivity index (χ1v) is 8.57. The topological polar surface area (TPSA) is 46.5 Å². The minimum atomic E-state index is -0.458. The highest BCUT2D eigenvalue weighted by Crippen LogP contribution is 2.32. The minimum Gasteiger partial charge on any atom is -0.508 e. The first-order chi connectivity index (χ1) is 10.5. The molecule has 3 nitrogen and oxygen atoms in total. The van der Waals surface area contributed by atoms with Gasteiger partial charge in [0.1, 0.15) is 11.4 Å². The summed E-state index contributed by atoms with van der Waals surface area (Å²) in [5, 5.41) is 9.40. The molecule has 1 unspecified atom stereocenters. The van der Waals surface area contributed by atoms with Gasteiger partial charge in [-0.05, 0) is 77.5 Å². The Hall–Kier alpha value is -1.51. The zero-order valence-electron chi connectivity index (χ0n) is 15.5. The largest absolute Gasteiger partial charge is 0.508 e. The van der Waals surface area contributed by atoms with E-state index in [1.54, 1.807) is 12.1 Å². The molecular weight excluding hydrogens is 288 g/mol. The molecule has 0 fully saturated rings. The lowest BCUT2D eigenvalue weighted by atomic mass is 9.83. The lowest BCUT2D eigenvalue weighted by Crippen LogP contribution is -2.33. The van der Waals surface area contributed by atoms with Crippen molar-refractivity contribution in [2.45, 2.75) is 78.7 Å². The summed E-state index contributed by atoms with van der Waals surface area (Å²) >= 11 is 0. The molecule has 0 bridgehead atoms. The van der Waals surface area contributed by atoms with E-state index in [9.17, 15) is 9.90 Å². The zero-order valence-corrected chi connectivity index (χ0v) is 15.5. The smallest absolute Gasteiger partial charge is 0.312 e. The molecule has 0 aromatic heterocycles. The van der Waals surface area contributed by atoms with E-state index in [2.05, 4.69) is 6.92 Å². The Morgan fingerprint density at radius 1 is 1.13 bits per heavy atom. The monoisotopic (exact) mass is 320 g/mol. The van der Waals surface area contributed by atoms with Crippen LogP contribution in [0.5, 0.6) is 5.75 Å². The van der Waals surface area contributed by atoms with Gasteiger partial charge in [0.15, 0.2) is 0 Å². The Morgan fingerprint density at radius 2 is 1.70 bits per heavy atom. The van der Waals surface area contributed by atoms with Gasteiger partial charge in [-0.15, -0.1) is 0 Å². The normalized spacial score (nSPS) is 13.7. The molecule has 0 saturated heterocycles. The molecule has 23 heavy (non-hydrogen) atoms. The molecule has 1 N–H and O–H groups in total. The van der Waals surface area contributed by atoms with Crippen LogP contribution in [-0.2, 0) is 9.53 Å². The van der Waals surface area contributed by atoms with Crippen molar-refractivity contribution >= 4 is 5.97 Å². The van der Waals surface area contributed by atoms with Crippen molar-refractivity contribution in [3.63, 3.8) is 0 Å². The average Bonchev–Trinajstić information content (AvgIpc) is 2.43. The second-order valence-electron chi connectivity index (χ2n) is 7.97. The highest BCUT2D eigenvalue weighted by atomic mass is 16.6. The number of hydrogen-bond acceptors (Lipinski definition) is 3. The number of hydrogen-bond donors (Lipinski definition) is 1. The Balaban J connectivity index is 2.56. The Morgan fingerprint density at radius 3 is 2.17 bits per heavy atom. The predicted molar refractivity (Wildman–Crippen MR) is 94.6 cm³/mol. The summed E-state index contributed by atoms with van der Waals surface area (Å²) in [6.07, 6.45) is 3.88. The Labute approximate surface area is 141 Å². The van der Waals surface area contributed by atoms with Gasteiger partial charge in [0.05, 0.1) is 5.41 Å². The minimum absolute atomic E-state index is 0.123. The standard InChI is InChI=1S/C20H32O3/c1-7-15(16-10-12-17(21)13-11-16)9-8-14-20(5,6)18(22)23-19(2,3)4/h10-13,15,21H,7-9,14H2,1-6H3. The fourth-order valence-corrected chi connectivity index (χ4v) is 2.66. The molecule has 0 aliphatic rings. The van der Waals surface area contributed by atoms with Crippen LogP contribution >= 0.6 is 0 Å². The second-order valence-corrected chi connectivity index (χ2v) is 7.97.